The van der Waals surface area contributed by atoms with Gasteiger partial charge in [0.1, 0.15) is 5.75 Å². The molecule has 90 valence electrons. The van der Waals surface area contributed by atoms with E-state index in [1.807, 2.05) is 39.8 Å². The SMILES string of the molecule is Cc1cc(OC(C)C)cc(C)c1C(N)CN. The number of hydrogen-bond donors (Lipinski definition) is 2. The van der Waals surface area contributed by atoms with Crippen molar-refractivity contribution in [3.8, 4) is 5.75 Å². The van der Waals surface area contributed by atoms with Crippen LogP contribution >= 0.6 is 0 Å². The summed E-state index contributed by atoms with van der Waals surface area (Å²) in [4.78, 5) is 0. The topological polar surface area (TPSA) is 61.3 Å². The molecule has 0 bridgehead atoms. The molecule has 1 atom stereocenters. The average Bonchev–Trinajstić information content (AvgIpc) is 2.15. The molecule has 1 aromatic rings. The first-order chi connectivity index (χ1) is 7.45. The van der Waals surface area contributed by atoms with Gasteiger partial charge in [-0.3, -0.25) is 0 Å². The molecule has 3 nitrogen and oxygen atoms in total. The van der Waals surface area contributed by atoms with Crippen molar-refractivity contribution in [3.63, 3.8) is 0 Å². The van der Waals surface area contributed by atoms with Crippen molar-refractivity contribution in [1.29, 1.82) is 0 Å². The van der Waals surface area contributed by atoms with E-state index in [4.69, 9.17) is 16.2 Å². The second-order valence-corrected chi connectivity index (χ2v) is 4.48. The lowest BCUT2D eigenvalue weighted by atomic mass is 9.96. The van der Waals surface area contributed by atoms with Gasteiger partial charge < -0.3 is 16.2 Å². The van der Waals surface area contributed by atoms with E-state index in [-0.39, 0.29) is 12.1 Å². The summed E-state index contributed by atoms with van der Waals surface area (Å²) in [5.74, 6) is 0.901. The van der Waals surface area contributed by atoms with Crippen LogP contribution in [0.3, 0.4) is 0 Å². The lowest BCUT2D eigenvalue weighted by Gasteiger charge is -2.18. The van der Waals surface area contributed by atoms with Gasteiger partial charge in [-0.15, -0.1) is 0 Å². The van der Waals surface area contributed by atoms with Crippen LogP contribution in [0.4, 0.5) is 0 Å². The minimum atomic E-state index is -0.0897. The number of aryl methyl sites for hydroxylation is 2. The number of hydrogen-bond acceptors (Lipinski definition) is 3. The van der Waals surface area contributed by atoms with Crippen molar-refractivity contribution < 1.29 is 4.74 Å². The van der Waals surface area contributed by atoms with Gasteiger partial charge in [0.05, 0.1) is 6.10 Å². The fourth-order valence-electron chi connectivity index (χ4n) is 1.98. The fraction of sp³-hybridized carbons (Fsp3) is 0.538. The Balaban J connectivity index is 3.07. The minimum absolute atomic E-state index is 0.0897. The molecular formula is C13H22N2O. The van der Waals surface area contributed by atoms with Gasteiger partial charge in [-0.1, -0.05) is 0 Å². The van der Waals surface area contributed by atoms with E-state index in [1.165, 1.54) is 0 Å². The highest BCUT2D eigenvalue weighted by Gasteiger charge is 2.12. The van der Waals surface area contributed by atoms with E-state index in [9.17, 15) is 0 Å². The molecule has 4 N–H and O–H groups in total. The van der Waals surface area contributed by atoms with Crippen LogP contribution in [0.1, 0.15) is 36.6 Å². The normalized spacial score (nSPS) is 12.9. The molecule has 16 heavy (non-hydrogen) atoms. The smallest absolute Gasteiger partial charge is 0.120 e. The largest absolute Gasteiger partial charge is 0.491 e. The van der Waals surface area contributed by atoms with E-state index in [1.54, 1.807) is 0 Å². The number of nitrogens with two attached hydrogens (primary N) is 2. The van der Waals surface area contributed by atoms with Crippen molar-refractivity contribution in [2.75, 3.05) is 6.54 Å². The zero-order chi connectivity index (χ0) is 12.3. The summed E-state index contributed by atoms with van der Waals surface area (Å²) in [6.07, 6.45) is 0.188. The van der Waals surface area contributed by atoms with E-state index < -0.39 is 0 Å². The Bertz CT molecular complexity index is 338. The molecule has 3 heteroatoms. The molecule has 0 heterocycles. The standard InChI is InChI=1S/C13H22N2O/c1-8(2)16-11-5-9(3)13(10(4)6-11)12(15)7-14/h5-6,8,12H,7,14-15H2,1-4H3. The van der Waals surface area contributed by atoms with Crippen molar-refractivity contribution in [1.82, 2.24) is 0 Å². The molecule has 1 rings (SSSR count). The van der Waals surface area contributed by atoms with Crippen LogP contribution in [0.25, 0.3) is 0 Å². The quantitative estimate of drug-likeness (QED) is 0.819. The van der Waals surface area contributed by atoms with E-state index in [0.717, 1.165) is 22.4 Å². The van der Waals surface area contributed by atoms with E-state index >= 15 is 0 Å². The second-order valence-electron chi connectivity index (χ2n) is 4.48. The highest BCUT2D eigenvalue weighted by molar-refractivity contribution is 5.43. The Morgan fingerprint density at radius 2 is 1.69 bits per heavy atom. The van der Waals surface area contributed by atoms with Crippen LogP contribution in [-0.2, 0) is 0 Å². The van der Waals surface area contributed by atoms with Crippen molar-refractivity contribution in [3.05, 3.63) is 28.8 Å². The van der Waals surface area contributed by atoms with Gasteiger partial charge in [0.2, 0.25) is 0 Å². The van der Waals surface area contributed by atoms with Crippen LogP contribution in [0.5, 0.6) is 5.75 Å². The van der Waals surface area contributed by atoms with Crippen LogP contribution in [-0.4, -0.2) is 12.6 Å². The third kappa shape index (κ3) is 2.97. The zero-order valence-corrected chi connectivity index (χ0v) is 10.6. The summed E-state index contributed by atoms with van der Waals surface area (Å²) < 4.78 is 5.67. The second kappa shape index (κ2) is 5.32. The Labute approximate surface area is 97.8 Å². The number of ether oxygens (including phenoxy) is 1. The van der Waals surface area contributed by atoms with Gasteiger partial charge in [0.25, 0.3) is 0 Å². The van der Waals surface area contributed by atoms with Crippen molar-refractivity contribution in [2.24, 2.45) is 11.5 Å². The molecule has 0 fully saturated rings. The minimum Gasteiger partial charge on any atom is -0.491 e. The predicted octanol–water partition coefficient (Wildman–Crippen LogP) is 2.05. The Kier molecular flexibility index (Phi) is 4.33. The molecule has 0 saturated heterocycles. The highest BCUT2D eigenvalue weighted by Crippen LogP contribution is 2.26. The molecule has 0 amide bonds. The summed E-state index contributed by atoms with van der Waals surface area (Å²) in [6.45, 7) is 8.59. The first-order valence-electron chi connectivity index (χ1n) is 5.69. The molecule has 0 aliphatic carbocycles. The highest BCUT2D eigenvalue weighted by atomic mass is 16.5. The maximum atomic E-state index is 5.98. The molecule has 0 spiro atoms. The van der Waals surface area contributed by atoms with Crippen LogP contribution in [0, 0.1) is 13.8 Å². The lowest BCUT2D eigenvalue weighted by Crippen LogP contribution is -2.22. The zero-order valence-electron chi connectivity index (χ0n) is 10.6. The van der Waals surface area contributed by atoms with Crippen molar-refractivity contribution in [2.45, 2.75) is 39.8 Å². The summed E-state index contributed by atoms with van der Waals surface area (Å²) >= 11 is 0. The lowest BCUT2D eigenvalue weighted by molar-refractivity contribution is 0.242. The maximum absolute atomic E-state index is 5.98. The van der Waals surface area contributed by atoms with Gasteiger partial charge in [-0.2, -0.15) is 0 Å². The molecular weight excluding hydrogens is 200 g/mol. The van der Waals surface area contributed by atoms with Gasteiger partial charge in [0.15, 0.2) is 0 Å². The Hall–Kier alpha value is -1.06. The van der Waals surface area contributed by atoms with Crippen molar-refractivity contribution >= 4 is 0 Å². The monoisotopic (exact) mass is 222 g/mol. The summed E-state index contributed by atoms with van der Waals surface area (Å²) in [7, 11) is 0. The number of rotatable bonds is 4. The van der Waals surface area contributed by atoms with E-state index in [2.05, 4.69) is 0 Å². The third-order valence-electron chi connectivity index (χ3n) is 2.56. The molecule has 0 aliphatic rings. The Morgan fingerprint density at radius 1 is 1.19 bits per heavy atom. The molecule has 0 saturated carbocycles. The van der Waals surface area contributed by atoms with Crippen LogP contribution < -0.4 is 16.2 Å². The third-order valence-corrected chi connectivity index (χ3v) is 2.56. The molecule has 0 aromatic heterocycles. The number of benzene rings is 1. The molecule has 1 unspecified atom stereocenters. The van der Waals surface area contributed by atoms with Crippen LogP contribution in [0.15, 0.2) is 12.1 Å². The van der Waals surface area contributed by atoms with Gasteiger partial charge in [-0.05, 0) is 56.5 Å². The van der Waals surface area contributed by atoms with Crippen LogP contribution in [0.2, 0.25) is 0 Å². The molecule has 0 aliphatic heterocycles. The van der Waals surface area contributed by atoms with E-state index in [0.29, 0.717) is 6.54 Å². The molecule has 1 aromatic carbocycles. The van der Waals surface area contributed by atoms with Gasteiger partial charge in [0, 0.05) is 12.6 Å². The predicted molar refractivity (Wildman–Crippen MR) is 67.7 cm³/mol. The molecule has 0 radical (unpaired) electrons. The Morgan fingerprint density at radius 3 is 2.06 bits per heavy atom. The summed E-state index contributed by atoms with van der Waals surface area (Å²) in [5, 5.41) is 0. The van der Waals surface area contributed by atoms with Gasteiger partial charge >= 0.3 is 0 Å². The first kappa shape index (κ1) is 13.0. The summed E-state index contributed by atoms with van der Waals surface area (Å²) in [6, 6.07) is 3.96. The average molecular weight is 222 g/mol. The maximum Gasteiger partial charge on any atom is 0.120 e. The first-order valence-corrected chi connectivity index (χ1v) is 5.69. The van der Waals surface area contributed by atoms with Gasteiger partial charge in [-0.25, -0.2) is 0 Å². The fourth-order valence-corrected chi connectivity index (χ4v) is 1.98. The summed E-state index contributed by atoms with van der Waals surface area (Å²) in [5.41, 5.74) is 15.0.